The van der Waals surface area contributed by atoms with Gasteiger partial charge in [-0.25, -0.2) is 13.1 Å². The van der Waals surface area contributed by atoms with Crippen LogP contribution in [0.5, 0.6) is 11.5 Å². The largest absolute Gasteiger partial charge is 0.493 e. The molecule has 0 saturated heterocycles. The predicted octanol–water partition coefficient (Wildman–Crippen LogP) is 2.76. The molecule has 0 spiro atoms. The summed E-state index contributed by atoms with van der Waals surface area (Å²) in [6.07, 6.45) is 0. The second kappa shape index (κ2) is 9.26. The number of halogens is 2. The number of nitrogens with one attached hydrogen (secondary N) is 1. The maximum Gasteiger partial charge on any atom is 0.242 e. The fourth-order valence-electron chi connectivity index (χ4n) is 2.14. The van der Waals surface area contributed by atoms with E-state index in [0.29, 0.717) is 5.75 Å². The first-order chi connectivity index (χ1) is 11.4. The van der Waals surface area contributed by atoms with E-state index in [4.69, 9.17) is 26.8 Å². The highest BCUT2D eigenvalue weighted by Gasteiger charge is 2.22. The Bertz CT molecular complexity index is 801. The number of hydrogen-bond donors (Lipinski definition) is 2. The van der Waals surface area contributed by atoms with Gasteiger partial charge in [-0.1, -0.05) is 41.9 Å². The number of ether oxygens (including phenoxy) is 2. The van der Waals surface area contributed by atoms with E-state index in [9.17, 15) is 8.42 Å². The molecule has 0 amide bonds. The molecule has 0 aliphatic heterocycles. The summed E-state index contributed by atoms with van der Waals surface area (Å²) in [7, 11) is -0.988. The zero-order chi connectivity index (χ0) is 17.7. The topological polar surface area (TPSA) is 90.7 Å². The third-order valence-corrected chi connectivity index (χ3v) is 5.34. The van der Waals surface area contributed by atoms with Gasteiger partial charge in [0.25, 0.3) is 0 Å². The molecule has 9 heteroatoms. The molecular weight excluding hydrogens is 387 g/mol. The molecule has 0 aliphatic rings. The lowest BCUT2D eigenvalue weighted by atomic mass is 10.1. The van der Waals surface area contributed by atoms with E-state index in [1.54, 1.807) is 0 Å². The summed E-state index contributed by atoms with van der Waals surface area (Å²) < 4.78 is 37.7. The van der Waals surface area contributed by atoms with Crippen molar-refractivity contribution < 1.29 is 17.9 Å². The average Bonchev–Trinajstić information content (AvgIpc) is 2.59. The van der Waals surface area contributed by atoms with Crippen molar-refractivity contribution in [3.8, 4) is 11.5 Å². The molecule has 0 radical (unpaired) electrons. The summed E-state index contributed by atoms with van der Waals surface area (Å²) in [6, 6.07) is 11.5. The third kappa shape index (κ3) is 5.23. The summed E-state index contributed by atoms with van der Waals surface area (Å²) in [4.78, 5) is -0.0953. The van der Waals surface area contributed by atoms with E-state index < -0.39 is 16.1 Å². The van der Waals surface area contributed by atoms with E-state index in [1.807, 2.05) is 30.3 Å². The van der Waals surface area contributed by atoms with Crippen molar-refractivity contribution in [2.45, 2.75) is 10.9 Å². The Labute approximate surface area is 158 Å². The Morgan fingerprint density at radius 3 is 2.24 bits per heavy atom. The van der Waals surface area contributed by atoms with Gasteiger partial charge in [0.2, 0.25) is 10.0 Å². The van der Waals surface area contributed by atoms with Gasteiger partial charge in [-0.05, 0) is 5.56 Å². The SMILES string of the molecule is COc1cc(Cl)c(S(=O)(=O)NCC(N)c2ccccc2)cc1OC.Cl. The zero-order valence-corrected chi connectivity index (χ0v) is 16.1. The number of sulfonamides is 1. The molecule has 1 atom stereocenters. The first-order valence-electron chi connectivity index (χ1n) is 7.10. The average molecular weight is 407 g/mol. The number of hydrogen-bond acceptors (Lipinski definition) is 5. The smallest absolute Gasteiger partial charge is 0.242 e. The minimum Gasteiger partial charge on any atom is -0.493 e. The highest BCUT2D eigenvalue weighted by molar-refractivity contribution is 7.89. The highest BCUT2D eigenvalue weighted by Crippen LogP contribution is 2.35. The van der Waals surface area contributed by atoms with Crippen LogP contribution in [-0.2, 0) is 10.0 Å². The molecule has 2 rings (SSSR count). The lowest BCUT2D eigenvalue weighted by Crippen LogP contribution is -2.32. The molecule has 0 aromatic heterocycles. The lowest BCUT2D eigenvalue weighted by molar-refractivity contribution is 0.354. The molecule has 138 valence electrons. The molecule has 0 fully saturated rings. The Hall–Kier alpha value is -1.51. The minimum absolute atomic E-state index is 0. The van der Waals surface area contributed by atoms with Crippen LogP contribution in [0.3, 0.4) is 0 Å². The van der Waals surface area contributed by atoms with Gasteiger partial charge in [-0.15, -0.1) is 12.4 Å². The Morgan fingerprint density at radius 1 is 1.12 bits per heavy atom. The van der Waals surface area contributed by atoms with E-state index in [2.05, 4.69) is 4.72 Å². The monoisotopic (exact) mass is 406 g/mol. The molecule has 0 saturated carbocycles. The van der Waals surface area contributed by atoms with Gasteiger partial charge >= 0.3 is 0 Å². The Kier molecular flexibility index (Phi) is 7.98. The molecule has 0 heterocycles. The van der Waals surface area contributed by atoms with Crippen molar-refractivity contribution in [1.29, 1.82) is 0 Å². The van der Waals surface area contributed by atoms with Crippen LogP contribution in [0, 0.1) is 0 Å². The standard InChI is InChI=1S/C16H19ClN2O4S.ClH/c1-22-14-8-12(17)16(9-15(14)23-2)24(20,21)19-10-13(18)11-6-4-3-5-7-11;/h3-9,13,19H,10,18H2,1-2H3;1H. The molecule has 3 N–H and O–H groups in total. The van der Waals surface area contributed by atoms with Gasteiger partial charge in [0.15, 0.2) is 11.5 Å². The Morgan fingerprint density at radius 2 is 1.68 bits per heavy atom. The number of rotatable bonds is 7. The van der Waals surface area contributed by atoms with Crippen LogP contribution in [0.1, 0.15) is 11.6 Å². The van der Waals surface area contributed by atoms with Crippen molar-refractivity contribution in [3.05, 3.63) is 53.1 Å². The van der Waals surface area contributed by atoms with Crippen molar-refractivity contribution in [3.63, 3.8) is 0 Å². The van der Waals surface area contributed by atoms with Gasteiger partial charge in [-0.3, -0.25) is 0 Å². The second-order valence-electron chi connectivity index (χ2n) is 5.01. The molecule has 6 nitrogen and oxygen atoms in total. The first-order valence-corrected chi connectivity index (χ1v) is 8.97. The van der Waals surface area contributed by atoms with Crippen molar-refractivity contribution in [2.75, 3.05) is 20.8 Å². The third-order valence-electron chi connectivity index (χ3n) is 3.45. The second-order valence-corrected chi connectivity index (χ2v) is 7.15. The quantitative estimate of drug-likeness (QED) is 0.737. The summed E-state index contributed by atoms with van der Waals surface area (Å²) in [6.45, 7) is 0.0387. The van der Waals surface area contributed by atoms with Crippen LogP contribution in [0.25, 0.3) is 0 Å². The van der Waals surface area contributed by atoms with E-state index in [1.165, 1.54) is 26.4 Å². The molecule has 2 aromatic rings. The summed E-state index contributed by atoms with van der Waals surface area (Å²) in [5, 5.41) is 0.0356. The summed E-state index contributed by atoms with van der Waals surface area (Å²) in [5.41, 5.74) is 6.85. The maximum absolute atomic E-state index is 12.5. The molecule has 25 heavy (non-hydrogen) atoms. The predicted molar refractivity (Wildman–Crippen MR) is 100 cm³/mol. The van der Waals surface area contributed by atoms with Crippen LogP contribution in [-0.4, -0.2) is 29.2 Å². The fraction of sp³-hybridized carbons (Fsp3) is 0.250. The zero-order valence-electron chi connectivity index (χ0n) is 13.7. The molecule has 0 bridgehead atoms. The molecule has 0 aliphatic carbocycles. The van der Waals surface area contributed by atoms with Gasteiger partial charge in [0, 0.05) is 24.7 Å². The number of methoxy groups -OCH3 is 2. The minimum atomic E-state index is -3.85. The highest BCUT2D eigenvalue weighted by atomic mass is 35.5. The van der Waals surface area contributed by atoms with Crippen LogP contribution in [0.4, 0.5) is 0 Å². The van der Waals surface area contributed by atoms with Crippen molar-refractivity contribution >= 4 is 34.0 Å². The van der Waals surface area contributed by atoms with E-state index >= 15 is 0 Å². The first kappa shape index (κ1) is 21.5. The van der Waals surface area contributed by atoms with Gasteiger partial charge in [0.05, 0.1) is 19.2 Å². The van der Waals surface area contributed by atoms with Gasteiger partial charge < -0.3 is 15.2 Å². The molecule has 1 unspecified atom stereocenters. The van der Waals surface area contributed by atoms with Crippen molar-refractivity contribution in [2.24, 2.45) is 5.73 Å². The van der Waals surface area contributed by atoms with Crippen molar-refractivity contribution in [1.82, 2.24) is 4.72 Å². The maximum atomic E-state index is 12.5. The van der Waals surface area contributed by atoms with Crippen LogP contribution >= 0.6 is 24.0 Å². The number of benzene rings is 2. The fourth-order valence-corrected chi connectivity index (χ4v) is 3.73. The summed E-state index contributed by atoms with van der Waals surface area (Å²) in [5.74, 6) is 0.622. The normalized spacial score (nSPS) is 12.2. The van der Waals surface area contributed by atoms with E-state index in [0.717, 1.165) is 5.56 Å². The van der Waals surface area contributed by atoms with Crippen LogP contribution in [0.15, 0.2) is 47.4 Å². The van der Waals surface area contributed by atoms with Crippen LogP contribution < -0.4 is 19.9 Å². The Balaban J connectivity index is 0.00000312. The van der Waals surface area contributed by atoms with E-state index in [-0.39, 0.29) is 34.6 Å². The van der Waals surface area contributed by atoms with Gasteiger partial charge in [0.1, 0.15) is 4.90 Å². The molecular formula is C16H20Cl2N2O4S. The molecule has 2 aromatic carbocycles. The van der Waals surface area contributed by atoms with Crippen LogP contribution in [0.2, 0.25) is 5.02 Å². The van der Waals surface area contributed by atoms with Gasteiger partial charge in [-0.2, -0.15) is 0 Å². The lowest BCUT2D eigenvalue weighted by Gasteiger charge is -2.15. The number of nitrogens with two attached hydrogens (primary N) is 1. The summed E-state index contributed by atoms with van der Waals surface area (Å²) >= 11 is 6.07.